The Labute approximate surface area is 153 Å². The predicted octanol–water partition coefficient (Wildman–Crippen LogP) is 1.90. The standard InChI is InChI=1S/C18H22N2O5S/c1-24-16-10-9-15(13-17(16)25-2)20(26(3,22)23)12-11-19-18(21)14-7-5-4-6-8-14/h4-10,13H,11-12H2,1-3H3,(H,19,21). The molecule has 0 heterocycles. The molecule has 0 radical (unpaired) electrons. The maximum absolute atomic E-state index is 12.2. The smallest absolute Gasteiger partial charge is 0.251 e. The molecule has 0 unspecified atom stereocenters. The third-order valence-corrected chi connectivity index (χ3v) is 4.89. The Kier molecular flexibility index (Phi) is 6.46. The number of carbonyl (C=O) groups excluding carboxylic acids is 1. The van der Waals surface area contributed by atoms with Gasteiger partial charge in [-0.25, -0.2) is 8.42 Å². The Balaban J connectivity index is 2.13. The number of benzene rings is 2. The van der Waals surface area contributed by atoms with Crippen LogP contribution in [0, 0.1) is 0 Å². The number of carbonyl (C=O) groups is 1. The lowest BCUT2D eigenvalue weighted by atomic mass is 10.2. The molecule has 2 aromatic rings. The van der Waals surface area contributed by atoms with Crippen LogP contribution in [0.25, 0.3) is 0 Å². The van der Waals surface area contributed by atoms with Crippen molar-refractivity contribution in [1.82, 2.24) is 5.32 Å². The van der Waals surface area contributed by atoms with Crippen molar-refractivity contribution >= 4 is 21.6 Å². The van der Waals surface area contributed by atoms with Crippen molar-refractivity contribution in [2.45, 2.75) is 0 Å². The lowest BCUT2D eigenvalue weighted by Gasteiger charge is -2.23. The molecule has 7 nitrogen and oxygen atoms in total. The van der Waals surface area contributed by atoms with E-state index in [4.69, 9.17) is 9.47 Å². The highest BCUT2D eigenvalue weighted by Gasteiger charge is 2.19. The van der Waals surface area contributed by atoms with Gasteiger partial charge in [0.15, 0.2) is 11.5 Å². The summed E-state index contributed by atoms with van der Waals surface area (Å²) in [6, 6.07) is 13.6. The first-order valence-electron chi connectivity index (χ1n) is 7.90. The first-order valence-corrected chi connectivity index (χ1v) is 9.74. The highest BCUT2D eigenvalue weighted by Crippen LogP contribution is 2.32. The van der Waals surface area contributed by atoms with E-state index >= 15 is 0 Å². The third kappa shape index (κ3) is 4.89. The molecule has 2 rings (SSSR count). The number of hydrogen-bond acceptors (Lipinski definition) is 5. The van der Waals surface area contributed by atoms with Crippen LogP contribution in [-0.2, 0) is 10.0 Å². The average Bonchev–Trinajstić information content (AvgIpc) is 2.64. The van der Waals surface area contributed by atoms with Crippen molar-refractivity contribution in [3.63, 3.8) is 0 Å². The summed E-state index contributed by atoms with van der Waals surface area (Å²) in [6.07, 6.45) is 1.11. The molecule has 0 fully saturated rings. The van der Waals surface area contributed by atoms with Crippen molar-refractivity contribution in [2.24, 2.45) is 0 Å². The van der Waals surface area contributed by atoms with Gasteiger partial charge >= 0.3 is 0 Å². The summed E-state index contributed by atoms with van der Waals surface area (Å²) in [5, 5.41) is 2.72. The lowest BCUT2D eigenvalue weighted by molar-refractivity contribution is 0.0955. The Morgan fingerprint density at radius 2 is 1.69 bits per heavy atom. The van der Waals surface area contributed by atoms with Crippen LogP contribution in [0.15, 0.2) is 48.5 Å². The predicted molar refractivity (Wildman–Crippen MR) is 101 cm³/mol. The molecule has 0 aliphatic rings. The SMILES string of the molecule is COc1ccc(N(CCNC(=O)c2ccccc2)S(C)(=O)=O)cc1OC. The Morgan fingerprint density at radius 1 is 1.04 bits per heavy atom. The van der Waals surface area contributed by atoms with Crippen molar-refractivity contribution in [2.75, 3.05) is 37.9 Å². The van der Waals surface area contributed by atoms with Gasteiger partial charge in [0, 0.05) is 18.2 Å². The number of nitrogens with one attached hydrogen (secondary N) is 1. The molecule has 8 heteroatoms. The molecule has 0 spiro atoms. The summed E-state index contributed by atoms with van der Waals surface area (Å²) in [7, 11) is -0.556. The number of ether oxygens (including phenoxy) is 2. The molecular weight excluding hydrogens is 356 g/mol. The number of nitrogens with zero attached hydrogens (tertiary/aromatic N) is 1. The zero-order valence-corrected chi connectivity index (χ0v) is 15.7. The number of sulfonamides is 1. The van der Waals surface area contributed by atoms with Crippen LogP contribution in [0.1, 0.15) is 10.4 Å². The molecule has 0 atom stereocenters. The van der Waals surface area contributed by atoms with E-state index in [2.05, 4.69) is 5.32 Å². The fourth-order valence-electron chi connectivity index (χ4n) is 2.43. The highest BCUT2D eigenvalue weighted by atomic mass is 32.2. The molecule has 140 valence electrons. The van der Waals surface area contributed by atoms with Crippen molar-refractivity contribution in [3.05, 3.63) is 54.1 Å². The molecule has 0 saturated heterocycles. The normalized spacial score (nSPS) is 10.9. The van der Waals surface area contributed by atoms with Crippen LogP contribution in [0.5, 0.6) is 11.5 Å². The number of methoxy groups -OCH3 is 2. The lowest BCUT2D eigenvalue weighted by Crippen LogP contribution is -2.38. The van der Waals surface area contributed by atoms with E-state index in [9.17, 15) is 13.2 Å². The van der Waals surface area contributed by atoms with E-state index in [1.165, 1.54) is 18.5 Å². The second-order valence-electron chi connectivity index (χ2n) is 5.50. The second kappa shape index (κ2) is 8.57. The molecule has 26 heavy (non-hydrogen) atoms. The Bertz CT molecular complexity index is 853. The van der Waals surface area contributed by atoms with Crippen molar-refractivity contribution in [1.29, 1.82) is 0 Å². The van der Waals surface area contributed by atoms with Gasteiger partial charge in [-0.3, -0.25) is 9.10 Å². The van der Waals surface area contributed by atoms with Gasteiger partial charge in [-0.05, 0) is 24.3 Å². The molecule has 1 N–H and O–H groups in total. The molecule has 0 aromatic heterocycles. The van der Waals surface area contributed by atoms with Gasteiger partial charge < -0.3 is 14.8 Å². The largest absolute Gasteiger partial charge is 0.493 e. The van der Waals surface area contributed by atoms with E-state index in [1.807, 2.05) is 6.07 Å². The molecule has 0 aliphatic heterocycles. The second-order valence-corrected chi connectivity index (χ2v) is 7.40. The van der Waals surface area contributed by atoms with E-state index < -0.39 is 10.0 Å². The van der Waals surface area contributed by atoms with Crippen LogP contribution in [0.4, 0.5) is 5.69 Å². The van der Waals surface area contributed by atoms with Crippen LogP contribution in [0.3, 0.4) is 0 Å². The first-order chi connectivity index (χ1) is 12.4. The highest BCUT2D eigenvalue weighted by molar-refractivity contribution is 7.92. The molecule has 2 aromatic carbocycles. The summed E-state index contributed by atoms with van der Waals surface area (Å²) in [4.78, 5) is 12.1. The minimum atomic E-state index is -3.54. The van der Waals surface area contributed by atoms with Crippen LogP contribution >= 0.6 is 0 Å². The Hall–Kier alpha value is -2.74. The van der Waals surface area contributed by atoms with E-state index in [-0.39, 0.29) is 19.0 Å². The topological polar surface area (TPSA) is 84.9 Å². The van der Waals surface area contributed by atoms with E-state index in [0.29, 0.717) is 22.7 Å². The van der Waals surface area contributed by atoms with Gasteiger partial charge in [0.05, 0.1) is 32.7 Å². The zero-order chi connectivity index (χ0) is 19.2. The monoisotopic (exact) mass is 378 g/mol. The summed E-state index contributed by atoms with van der Waals surface area (Å²) in [6.45, 7) is 0.252. The van der Waals surface area contributed by atoms with Crippen molar-refractivity contribution < 1.29 is 22.7 Å². The van der Waals surface area contributed by atoms with Crippen LogP contribution < -0.4 is 19.1 Å². The van der Waals surface area contributed by atoms with Gasteiger partial charge in [0.25, 0.3) is 5.91 Å². The number of amides is 1. The molecular formula is C18H22N2O5S. The van der Waals surface area contributed by atoms with Gasteiger partial charge in [-0.1, -0.05) is 18.2 Å². The first kappa shape index (κ1) is 19.6. The molecule has 0 bridgehead atoms. The van der Waals surface area contributed by atoms with Crippen LogP contribution in [-0.4, -0.2) is 47.9 Å². The molecule has 1 amide bonds. The number of hydrogen-bond donors (Lipinski definition) is 1. The average molecular weight is 378 g/mol. The summed E-state index contributed by atoms with van der Waals surface area (Å²) in [5.74, 6) is 0.667. The van der Waals surface area contributed by atoms with Gasteiger partial charge in [0.2, 0.25) is 10.0 Å². The molecule has 0 aliphatic carbocycles. The minimum absolute atomic E-state index is 0.0902. The third-order valence-electron chi connectivity index (χ3n) is 3.69. The van der Waals surface area contributed by atoms with E-state index in [0.717, 1.165) is 6.26 Å². The quantitative estimate of drug-likeness (QED) is 0.758. The van der Waals surface area contributed by atoms with Gasteiger partial charge in [0.1, 0.15) is 0 Å². The fourth-order valence-corrected chi connectivity index (χ4v) is 3.35. The molecule has 0 saturated carbocycles. The van der Waals surface area contributed by atoms with Crippen LogP contribution in [0.2, 0.25) is 0 Å². The van der Waals surface area contributed by atoms with Crippen molar-refractivity contribution in [3.8, 4) is 11.5 Å². The minimum Gasteiger partial charge on any atom is -0.493 e. The summed E-state index contributed by atoms with van der Waals surface area (Å²) >= 11 is 0. The summed E-state index contributed by atoms with van der Waals surface area (Å²) < 4.78 is 35.9. The zero-order valence-electron chi connectivity index (χ0n) is 14.9. The maximum Gasteiger partial charge on any atom is 0.251 e. The number of anilines is 1. The number of rotatable bonds is 8. The van der Waals surface area contributed by atoms with E-state index in [1.54, 1.807) is 42.5 Å². The fraction of sp³-hybridized carbons (Fsp3) is 0.278. The van der Waals surface area contributed by atoms with Gasteiger partial charge in [-0.2, -0.15) is 0 Å². The maximum atomic E-state index is 12.2. The Morgan fingerprint density at radius 3 is 2.27 bits per heavy atom. The van der Waals surface area contributed by atoms with Gasteiger partial charge in [-0.15, -0.1) is 0 Å². The summed E-state index contributed by atoms with van der Waals surface area (Å²) in [5.41, 5.74) is 0.948.